The van der Waals surface area contributed by atoms with Gasteiger partial charge in [-0.1, -0.05) is 20.8 Å². The van der Waals surface area contributed by atoms with Crippen LogP contribution in [0.25, 0.3) is 11.1 Å². The molecule has 0 unspecified atom stereocenters. The molecule has 5 heteroatoms. The fourth-order valence-electron chi connectivity index (χ4n) is 2.97. The van der Waals surface area contributed by atoms with Crippen molar-refractivity contribution in [3.8, 4) is 0 Å². The molecule has 132 valence electrons. The Balaban J connectivity index is 1.52. The van der Waals surface area contributed by atoms with Crippen molar-refractivity contribution < 1.29 is 8.84 Å². The van der Waals surface area contributed by atoms with Crippen molar-refractivity contribution in [3.63, 3.8) is 0 Å². The van der Waals surface area contributed by atoms with E-state index in [1.807, 2.05) is 12.3 Å². The summed E-state index contributed by atoms with van der Waals surface area (Å²) < 4.78 is 11.9. The van der Waals surface area contributed by atoms with E-state index in [2.05, 4.69) is 49.8 Å². The van der Waals surface area contributed by atoms with Crippen molar-refractivity contribution in [1.29, 1.82) is 0 Å². The zero-order chi connectivity index (χ0) is 17.4. The lowest BCUT2D eigenvalue weighted by atomic mass is 10.1. The van der Waals surface area contributed by atoms with E-state index in [1.165, 1.54) is 12.0 Å². The molecular weight excluding hydrogens is 316 g/mol. The first-order valence-corrected chi connectivity index (χ1v) is 11.8. The van der Waals surface area contributed by atoms with Crippen LogP contribution in [0.15, 0.2) is 29.0 Å². The van der Waals surface area contributed by atoms with Crippen LogP contribution in [-0.2, 0) is 11.0 Å². The summed E-state index contributed by atoms with van der Waals surface area (Å²) in [5, 5.41) is 0.287. The fraction of sp³-hybridized carbons (Fsp3) is 0.632. The van der Waals surface area contributed by atoms with Crippen LogP contribution in [0, 0.1) is 5.92 Å². The quantitative estimate of drug-likeness (QED) is 0.737. The molecule has 1 atom stereocenters. The van der Waals surface area contributed by atoms with E-state index >= 15 is 0 Å². The van der Waals surface area contributed by atoms with Gasteiger partial charge in [0.1, 0.15) is 5.52 Å². The predicted octanol–water partition coefficient (Wildman–Crippen LogP) is 4.67. The number of hydrogen-bond acceptors (Lipinski definition) is 4. The SMILES string of the molecule is CC(C)(C)[Si](C)(C)OC[C@@H]1CCN(Cc2cnc3ccoc3c2)C1. The molecule has 1 aliphatic rings. The second-order valence-corrected chi connectivity index (χ2v) is 13.4. The van der Waals surface area contributed by atoms with Gasteiger partial charge in [-0.2, -0.15) is 0 Å². The lowest BCUT2D eigenvalue weighted by Crippen LogP contribution is -2.42. The van der Waals surface area contributed by atoms with Crippen LogP contribution in [0.1, 0.15) is 32.8 Å². The topological polar surface area (TPSA) is 38.5 Å². The highest BCUT2D eigenvalue weighted by atomic mass is 28.4. The Bertz CT molecular complexity index is 690. The largest absolute Gasteiger partial charge is 0.463 e. The number of fused-ring (bicyclic) bond motifs is 1. The van der Waals surface area contributed by atoms with Gasteiger partial charge in [0, 0.05) is 32.0 Å². The first-order chi connectivity index (χ1) is 11.2. The van der Waals surface area contributed by atoms with Crippen LogP contribution in [0.5, 0.6) is 0 Å². The van der Waals surface area contributed by atoms with Gasteiger partial charge in [-0.15, -0.1) is 0 Å². The molecule has 2 aromatic rings. The highest BCUT2D eigenvalue weighted by molar-refractivity contribution is 6.74. The molecule has 0 radical (unpaired) electrons. The van der Waals surface area contributed by atoms with Crippen LogP contribution in [-0.4, -0.2) is 37.9 Å². The predicted molar refractivity (Wildman–Crippen MR) is 101 cm³/mol. The van der Waals surface area contributed by atoms with Gasteiger partial charge in [-0.3, -0.25) is 9.88 Å². The minimum absolute atomic E-state index is 0.287. The Morgan fingerprint density at radius 2 is 2.17 bits per heavy atom. The normalized spacial score (nSPS) is 20.1. The molecule has 0 spiro atoms. The van der Waals surface area contributed by atoms with E-state index in [0.717, 1.165) is 37.3 Å². The maximum absolute atomic E-state index is 6.41. The van der Waals surface area contributed by atoms with E-state index in [-0.39, 0.29) is 5.04 Å². The number of furan rings is 1. The number of pyridine rings is 1. The fourth-order valence-corrected chi connectivity index (χ4v) is 4.05. The zero-order valence-electron chi connectivity index (χ0n) is 15.6. The van der Waals surface area contributed by atoms with Gasteiger partial charge in [0.15, 0.2) is 13.9 Å². The third kappa shape index (κ3) is 3.90. The Morgan fingerprint density at radius 1 is 1.38 bits per heavy atom. The molecule has 3 heterocycles. The molecule has 1 aliphatic heterocycles. The summed E-state index contributed by atoms with van der Waals surface area (Å²) in [5.41, 5.74) is 3.04. The van der Waals surface area contributed by atoms with Crippen molar-refractivity contribution >= 4 is 19.4 Å². The zero-order valence-corrected chi connectivity index (χ0v) is 16.6. The molecule has 0 saturated carbocycles. The minimum Gasteiger partial charge on any atom is -0.463 e. The van der Waals surface area contributed by atoms with Gasteiger partial charge < -0.3 is 8.84 Å². The van der Waals surface area contributed by atoms with E-state index in [4.69, 9.17) is 8.84 Å². The van der Waals surface area contributed by atoms with Crippen molar-refractivity contribution in [2.24, 2.45) is 5.92 Å². The summed E-state index contributed by atoms with van der Waals surface area (Å²) in [4.78, 5) is 6.96. The summed E-state index contributed by atoms with van der Waals surface area (Å²) in [6, 6.07) is 4.02. The first-order valence-electron chi connectivity index (χ1n) is 8.93. The Morgan fingerprint density at radius 3 is 2.92 bits per heavy atom. The summed E-state index contributed by atoms with van der Waals surface area (Å²) >= 11 is 0. The second-order valence-electron chi connectivity index (χ2n) is 8.61. The summed E-state index contributed by atoms with van der Waals surface area (Å²) in [7, 11) is -1.63. The first kappa shape index (κ1) is 17.6. The number of nitrogens with zero attached hydrogens (tertiary/aromatic N) is 2. The van der Waals surface area contributed by atoms with Crippen molar-refractivity contribution in [2.45, 2.75) is 51.9 Å². The summed E-state index contributed by atoms with van der Waals surface area (Å²) in [5.74, 6) is 0.652. The summed E-state index contributed by atoms with van der Waals surface area (Å²) in [6.45, 7) is 15.7. The molecule has 4 nitrogen and oxygen atoms in total. The van der Waals surface area contributed by atoms with Crippen LogP contribution in [0.3, 0.4) is 0 Å². The monoisotopic (exact) mass is 346 g/mol. The smallest absolute Gasteiger partial charge is 0.191 e. The molecule has 0 bridgehead atoms. The molecule has 1 fully saturated rings. The van der Waals surface area contributed by atoms with Crippen LogP contribution in [0.4, 0.5) is 0 Å². The van der Waals surface area contributed by atoms with Crippen molar-refractivity contribution in [1.82, 2.24) is 9.88 Å². The number of rotatable bonds is 5. The molecule has 0 aliphatic carbocycles. The highest BCUT2D eigenvalue weighted by Gasteiger charge is 2.38. The average molecular weight is 347 g/mol. The lowest BCUT2D eigenvalue weighted by molar-refractivity contribution is 0.221. The molecule has 0 N–H and O–H groups in total. The maximum atomic E-state index is 6.41. The van der Waals surface area contributed by atoms with E-state index in [9.17, 15) is 0 Å². The molecule has 2 aromatic heterocycles. The Hall–Kier alpha value is -1.17. The molecule has 3 rings (SSSR count). The lowest BCUT2D eigenvalue weighted by Gasteiger charge is -2.37. The minimum atomic E-state index is -1.63. The number of aromatic nitrogens is 1. The molecule has 1 saturated heterocycles. The number of hydrogen-bond donors (Lipinski definition) is 0. The standard InChI is InChI=1S/C19H30N2O2Si/c1-19(2,3)24(4,5)23-14-15-6-8-21(12-15)13-16-10-18-17(20-11-16)7-9-22-18/h7,9-11,15H,6,8,12-14H2,1-5H3/t15-/m1/s1. The molecular formula is C19H30N2O2Si. The van der Waals surface area contributed by atoms with Crippen LogP contribution >= 0.6 is 0 Å². The third-order valence-corrected chi connectivity index (χ3v) is 10.1. The Labute approximate surface area is 146 Å². The maximum Gasteiger partial charge on any atom is 0.191 e. The average Bonchev–Trinajstić information content (AvgIpc) is 3.12. The molecule has 0 amide bonds. The highest BCUT2D eigenvalue weighted by Crippen LogP contribution is 2.37. The number of likely N-dealkylation sites (tertiary alicyclic amines) is 1. The van der Waals surface area contributed by atoms with Crippen molar-refractivity contribution in [2.75, 3.05) is 19.7 Å². The van der Waals surface area contributed by atoms with E-state index < -0.39 is 8.32 Å². The van der Waals surface area contributed by atoms with Crippen LogP contribution < -0.4 is 0 Å². The van der Waals surface area contributed by atoms with Gasteiger partial charge in [0.2, 0.25) is 0 Å². The van der Waals surface area contributed by atoms with Crippen molar-refractivity contribution in [3.05, 3.63) is 30.2 Å². The van der Waals surface area contributed by atoms with Gasteiger partial charge in [0.05, 0.1) is 6.26 Å². The second kappa shape index (κ2) is 6.62. The summed E-state index contributed by atoms with van der Waals surface area (Å²) in [6.07, 6.45) is 4.90. The van der Waals surface area contributed by atoms with Gasteiger partial charge in [-0.25, -0.2) is 0 Å². The van der Waals surface area contributed by atoms with E-state index in [0.29, 0.717) is 5.92 Å². The van der Waals surface area contributed by atoms with Gasteiger partial charge in [-0.05, 0) is 48.6 Å². The Kier molecular flexibility index (Phi) is 4.86. The van der Waals surface area contributed by atoms with Crippen LogP contribution in [0.2, 0.25) is 18.1 Å². The van der Waals surface area contributed by atoms with Gasteiger partial charge >= 0.3 is 0 Å². The van der Waals surface area contributed by atoms with Gasteiger partial charge in [0.25, 0.3) is 0 Å². The molecule has 24 heavy (non-hydrogen) atoms. The molecule has 0 aromatic carbocycles. The van der Waals surface area contributed by atoms with E-state index in [1.54, 1.807) is 6.26 Å². The third-order valence-electron chi connectivity index (χ3n) is 5.62.